The molecule has 3 aromatic rings. The number of carboxylic acids is 1. The van der Waals surface area contributed by atoms with Crippen LogP contribution in [0.1, 0.15) is 55.1 Å². The van der Waals surface area contributed by atoms with Crippen molar-refractivity contribution in [2.75, 3.05) is 31.1 Å². The van der Waals surface area contributed by atoms with E-state index in [2.05, 4.69) is 0 Å². The van der Waals surface area contributed by atoms with Crippen LogP contribution in [0.4, 0.5) is 10.1 Å². The van der Waals surface area contributed by atoms with Crippen LogP contribution in [0.5, 0.6) is 5.75 Å². The predicted octanol–water partition coefficient (Wildman–Crippen LogP) is 3.73. The summed E-state index contributed by atoms with van der Waals surface area (Å²) in [4.78, 5) is 52.1. The number of carboxylic acid groups (broad SMARTS) is 1. The molecule has 1 saturated carbocycles. The summed E-state index contributed by atoms with van der Waals surface area (Å²) < 4.78 is 22.2. The lowest BCUT2D eigenvalue weighted by Crippen LogP contribution is -2.50. The van der Waals surface area contributed by atoms with Crippen molar-refractivity contribution < 1.29 is 28.6 Å². The van der Waals surface area contributed by atoms with Crippen LogP contribution in [0.3, 0.4) is 0 Å². The van der Waals surface area contributed by atoms with E-state index in [9.17, 15) is 24.3 Å². The van der Waals surface area contributed by atoms with Gasteiger partial charge in [0.25, 0.3) is 6.47 Å². The number of aromatic carboxylic acids is 1. The summed E-state index contributed by atoms with van der Waals surface area (Å²) in [6.45, 7) is 5.82. The summed E-state index contributed by atoms with van der Waals surface area (Å²) in [5, 5.41) is 9.51. The maximum Gasteiger partial charge on any atom is 0.341 e. The van der Waals surface area contributed by atoms with Crippen molar-refractivity contribution in [2.45, 2.75) is 44.6 Å². The number of aromatic nitrogens is 1. The smallest absolute Gasteiger partial charge is 0.341 e. The van der Waals surface area contributed by atoms with Gasteiger partial charge in [-0.2, -0.15) is 0 Å². The lowest BCUT2D eigenvalue weighted by Gasteiger charge is -2.38. The fraction of sp³-hybridized carbons (Fsp3) is 0.379. The number of pyridine rings is 1. The fourth-order valence-electron chi connectivity index (χ4n) is 5.37. The third kappa shape index (κ3) is 5.10. The average Bonchev–Trinajstić information content (AvgIpc) is 3.74. The lowest BCUT2D eigenvalue weighted by molar-refractivity contribution is -0.132. The van der Waals surface area contributed by atoms with Crippen LogP contribution in [0.2, 0.25) is 0 Å². The molecule has 5 rings (SSSR count). The molecule has 0 unspecified atom stereocenters. The molecule has 0 atom stereocenters. The second kappa shape index (κ2) is 10.2. The number of rotatable bonds is 8. The number of nitrogens with zero attached hydrogens (tertiary/aromatic N) is 3. The number of ether oxygens (including phenoxy) is 1. The molecule has 39 heavy (non-hydrogen) atoms. The summed E-state index contributed by atoms with van der Waals surface area (Å²) >= 11 is 0. The van der Waals surface area contributed by atoms with E-state index in [4.69, 9.17) is 4.74 Å². The highest BCUT2D eigenvalue weighted by molar-refractivity contribution is 5.93. The monoisotopic (exact) mass is 535 g/mol. The van der Waals surface area contributed by atoms with Gasteiger partial charge in [-0.3, -0.25) is 14.4 Å². The maximum atomic E-state index is 15.3. The van der Waals surface area contributed by atoms with Crippen molar-refractivity contribution in [3.05, 3.63) is 69.8 Å². The first-order valence-corrected chi connectivity index (χ1v) is 12.9. The zero-order valence-electron chi connectivity index (χ0n) is 21.9. The van der Waals surface area contributed by atoms with Crippen molar-refractivity contribution in [2.24, 2.45) is 0 Å². The van der Waals surface area contributed by atoms with Gasteiger partial charge in [0, 0.05) is 61.2 Å². The van der Waals surface area contributed by atoms with Crippen LogP contribution in [0.15, 0.2) is 47.4 Å². The molecule has 1 aliphatic carbocycles. The molecule has 2 aromatic carbocycles. The molecule has 2 heterocycles. The van der Waals surface area contributed by atoms with Gasteiger partial charge in [-0.25, -0.2) is 9.18 Å². The Morgan fingerprint density at radius 3 is 2.46 bits per heavy atom. The molecule has 0 spiro atoms. The third-order valence-electron chi connectivity index (χ3n) is 7.63. The number of anilines is 1. The first-order chi connectivity index (χ1) is 18.6. The van der Waals surface area contributed by atoms with Gasteiger partial charge in [-0.15, -0.1) is 0 Å². The van der Waals surface area contributed by atoms with Gasteiger partial charge in [0.1, 0.15) is 17.1 Å². The first kappa shape index (κ1) is 26.4. The van der Waals surface area contributed by atoms with Crippen LogP contribution in [0, 0.1) is 5.82 Å². The van der Waals surface area contributed by atoms with Crippen LogP contribution in [-0.2, 0) is 15.0 Å². The topological polar surface area (TPSA) is 109 Å². The number of fused-ring (bicyclic) bond motifs is 1. The summed E-state index contributed by atoms with van der Waals surface area (Å²) in [7, 11) is 0. The molecule has 10 heteroatoms. The molecule has 1 aromatic heterocycles. The number of carbonyl (C=O) groups is 3. The molecule has 2 fully saturated rings. The number of halogens is 1. The first-order valence-electron chi connectivity index (χ1n) is 12.9. The Bertz CT molecular complexity index is 1520. The Balaban J connectivity index is 1.34. The van der Waals surface area contributed by atoms with Crippen molar-refractivity contribution in [1.82, 2.24) is 9.47 Å². The zero-order chi connectivity index (χ0) is 27.9. The second-order valence-corrected chi connectivity index (χ2v) is 10.8. The number of para-hydroxylation sites is 1. The molecular weight excluding hydrogens is 505 g/mol. The summed E-state index contributed by atoms with van der Waals surface area (Å²) in [5.41, 5.74) is -0.0448. The van der Waals surface area contributed by atoms with E-state index in [1.165, 1.54) is 6.20 Å². The Morgan fingerprint density at radius 1 is 1.13 bits per heavy atom. The van der Waals surface area contributed by atoms with E-state index < -0.39 is 22.6 Å². The summed E-state index contributed by atoms with van der Waals surface area (Å²) in [6.07, 6.45) is 3.30. The maximum absolute atomic E-state index is 15.3. The van der Waals surface area contributed by atoms with Crippen molar-refractivity contribution in [1.29, 1.82) is 0 Å². The normalized spacial score (nSPS) is 15.9. The highest BCUT2D eigenvalue weighted by Gasteiger charge is 2.32. The Hall–Kier alpha value is -4.21. The fourth-order valence-corrected chi connectivity index (χ4v) is 5.37. The molecule has 204 valence electrons. The van der Waals surface area contributed by atoms with Crippen molar-refractivity contribution in [3.8, 4) is 5.75 Å². The number of hydrogen-bond acceptors (Lipinski definition) is 6. The minimum atomic E-state index is -1.33. The standard InChI is InChI=1S/C29H30FN3O6/c1-29(2,21-5-3-4-6-25(21)39-17-34)15-26(35)32-11-9-31(10-12-32)24-14-23-19(13-22(24)30)27(36)20(28(37)38)16-33(23)18-7-8-18/h3-6,13-14,16-18H,7-12,15H2,1-2H3,(H,37,38). The van der Waals surface area contributed by atoms with E-state index >= 15 is 4.39 Å². The number of piperazine rings is 1. The van der Waals surface area contributed by atoms with Crippen LogP contribution >= 0.6 is 0 Å². The molecule has 1 amide bonds. The van der Waals surface area contributed by atoms with Gasteiger partial charge in [-0.1, -0.05) is 32.0 Å². The Kier molecular flexibility index (Phi) is 6.88. The molecule has 1 saturated heterocycles. The minimum absolute atomic E-state index is 0.0525. The molecule has 2 aliphatic rings. The average molecular weight is 536 g/mol. The highest BCUT2D eigenvalue weighted by atomic mass is 19.1. The Labute approximate surface area is 224 Å². The number of hydrogen-bond donors (Lipinski definition) is 1. The summed E-state index contributed by atoms with van der Waals surface area (Å²) in [5.74, 6) is -1.56. The predicted molar refractivity (Wildman–Crippen MR) is 143 cm³/mol. The molecule has 0 radical (unpaired) electrons. The van der Waals surface area contributed by atoms with E-state index in [0.717, 1.165) is 24.5 Å². The third-order valence-corrected chi connectivity index (χ3v) is 7.63. The molecule has 1 N–H and O–H groups in total. The Morgan fingerprint density at radius 2 is 1.82 bits per heavy atom. The number of amides is 1. The van der Waals surface area contributed by atoms with Crippen LogP contribution in [-0.4, -0.2) is 59.1 Å². The number of carbonyl (C=O) groups excluding carboxylic acids is 2. The van der Waals surface area contributed by atoms with Crippen molar-refractivity contribution in [3.63, 3.8) is 0 Å². The van der Waals surface area contributed by atoms with Crippen LogP contribution in [0.25, 0.3) is 10.9 Å². The number of benzene rings is 2. The highest BCUT2D eigenvalue weighted by Crippen LogP contribution is 2.38. The second-order valence-electron chi connectivity index (χ2n) is 10.8. The van der Waals surface area contributed by atoms with Gasteiger partial charge in [0.2, 0.25) is 11.3 Å². The SMILES string of the molecule is CC(C)(CC(=O)N1CCN(c2cc3c(cc2F)c(=O)c(C(=O)O)cn3C2CC2)CC1)c1ccccc1OC=O. The van der Waals surface area contributed by atoms with E-state index in [0.29, 0.717) is 49.6 Å². The molecule has 9 nitrogen and oxygen atoms in total. The van der Waals surface area contributed by atoms with E-state index in [-0.39, 0.29) is 29.3 Å². The van der Waals surface area contributed by atoms with Gasteiger partial charge in [-0.05, 0) is 31.0 Å². The lowest BCUT2D eigenvalue weighted by atomic mass is 9.80. The van der Waals surface area contributed by atoms with E-state index in [1.807, 2.05) is 30.9 Å². The zero-order valence-corrected chi connectivity index (χ0v) is 21.9. The molecular formula is C29H30FN3O6. The van der Waals surface area contributed by atoms with Gasteiger partial charge < -0.3 is 24.2 Å². The minimum Gasteiger partial charge on any atom is -0.477 e. The largest absolute Gasteiger partial charge is 0.477 e. The molecule has 1 aliphatic heterocycles. The molecule has 0 bridgehead atoms. The van der Waals surface area contributed by atoms with Crippen molar-refractivity contribution >= 4 is 34.9 Å². The van der Waals surface area contributed by atoms with Gasteiger partial charge >= 0.3 is 5.97 Å². The quantitative estimate of drug-likeness (QED) is 0.438. The van der Waals surface area contributed by atoms with E-state index in [1.54, 1.807) is 27.7 Å². The van der Waals surface area contributed by atoms with Gasteiger partial charge in [0.05, 0.1) is 11.2 Å². The van der Waals surface area contributed by atoms with Gasteiger partial charge in [0.15, 0.2) is 0 Å². The summed E-state index contributed by atoms with van der Waals surface area (Å²) in [6, 6.07) is 9.98. The van der Waals surface area contributed by atoms with Crippen LogP contribution < -0.4 is 15.1 Å².